The van der Waals surface area contributed by atoms with Crippen LogP contribution in [-0.2, 0) is 4.79 Å². The van der Waals surface area contributed by atoms with Crippen molar-refractivity contribution in [2.45, 2.75) is 26.7 Å². The highest BCUT2D eigenvalue weighted by Crippen LogP contribution is 2.24. The van der Waals surface area contributed by atoms with Gasteiger partial charge < -0.3 is 5.32 Å². The van der Waals surface area contributed by atoms with Crippen molar-refractivity contribution in [3.05, 3.63) is 64.7 Å². The highest BCUT2D eigenvalue weighted by atomic mass is 35.5. The lowest BCUT2D eigenvalue weighted by molar-refractivity contribution is -0.119. The summed E-state index contributed by atoms with van der Waals surface area (Å²) in [4.78, 5) is 24.9. The predicted octanol–water partition coefficient (Wildman–Crippen LogP) is 4.95. The van der Waals surface area contributed by atoms with Crippen LogP contribution in [0, 0.1) is 5.92 Å². The molecule has 0 radical (unpaired) electrons. The van der Waals surface area contributed by atoms with Gasteiger partial charge in [0.25, 0.3) is 0 Å². The number of nitrogens with one attached hydrogen (secondary N) is 1. The molecule has 0 saturated carbocycles. The van der Waals surface area contributed by atoms with Gasteiger partial charge in [-0.05, 0) is 24.6 Å². The minimum absolute atomic E-state index is 0.0868. The van der Waals surface area contributed by atoms with Crippen LogP contribution >= 0.6 is 11.6 Å². The Morgan fingerprint density at radius 3 is 2.48 bits per heavy atom. The van der Waals surface area contributed by atoms with Gasteiger partial charge in [-0.3, -0.25) is 9.59 Å². The van der Waals surface area contributed by atoms with Crippen LogP contribution < -0.4 is 5.32 Å². The number of carbonyl (C=O) groups excluding carboxylic acids is 2. The van der Waals surface area contributed by atoms with E-state index < -0.39 is 0 Å². The predicted molar refractivity (Wildman–Crippen MR) is 94.0 cm³/mol. The van der Waals surface area contributed by atoms with Crippen molar-refractivity contribution in [2.24, 2.45) is 5.92 Å². The molecule has 2 rings (SSSR count). The maximum atomic E-state index is 12.7. The van der Waals surface area contributed by atoms with Crippen LogP contribution in [0.2, 0.25) is 5.02 Å². The number of benzene rings is 2. The summed E-state index contributed by atoms with van der Waals surface area (Å²) in [6, 6.07) is 13.9. The summed E-state index contributed by atoms with van der Waals surface area (Å²) in [6.07, 6.45) is 1.74. The van der Waals surface area contributed by atoms with Crippen molar-refractivity contribution >= 4 is 29.0 Å². The summed E-state index contributed by atoms with van der Waals surface area (Å²) in [5.74, 6) is -0.349. The molecule has 1 unspecified atom stereocenters. The third-order valence-electron chi connectivity index (χ3n) is 3.69. The molecule has 23 heavy (non-hydrogen) atoms. The van der Waals surface area contributed by atoms with Crippen LogP contribution in [0.5, 0.6) is 0 Å². The average Bonchev–Trinajstić information content (AvgIpc) is 2.56. The van der Waals surface area contributed by atoms with Crippen LogP contribution in [0.4, 0.5) is 5.69 Å². The zero-order valence-electron chi connectivity index (χ0n) is 13.3. The number of ketones is 1. The summed E-state index contributed by atoms with van der Waals surface area (Å²) < 4.78 is 0. The van der Waals surface area contributed by atoms with Gasteiger partial charge in [-0.15, -0.1) is 0 Å². The summed E-state index contributed by atoms with van der Waals surface area (Å²) in [7, 11) is 0. The Labute approximate surface area is 141 Å². The SMILES string of the molecule is CCCC(C)C(=O)Nc1ccc(Cl)cc1C(=O)c1ccccc1. The fourth-order valence-corrected chi connectivity index (χ4v) is 2.55. The topological polar surface area (TPSA) is 46.2 Å². The molecule has 0 saturated heterocycles. The Hall–Kier alpha value is -2.13. The molecule has 120 valence electrons. The number of anilines is 1. The molecule has 2 aromatic rings. The van der Waals surface area contributed by atoms with E-state index in [1.165, 1.54) is 0 Å². The first kappa shape index (κ1) is 17.2. The number of carbonyl (C=O) groups is 2. The molecule has 0 aliphatic carbocycles. The standard InChI is InChI=1S/C19H20ClNO2/c1-3-7-13(2)19(23)21-17-11-10-15(20)12-16(17)18(22)14-8-5-4-6-9-14/h4-6,8-13H,3,7H2,1-2H3,(H,21,23). The molecule has 1 atom stereocenters. The Morgan fingerprint density at radius 1 is 1.13 bits per heavy atom. The van der Waals surface area contributed by atoms with Crippen molar-refractivity contribution in [3.63, 3.8) is 0 Å². The lowest BCUT2D eigenvalue weighted by Crippen LogP contribution is -2.21. The van der Waals surface area contributed by atoms with Crippen molar-refractivity contribution in [3.8, 4) is 0 Å². The minimum Gasteiger partial charge on any atom is -0.325 e. The highest BCUT2D eigenvalue weighted by molar-refractivity contribution is 6.31. The second-order valence-corrected chi connectivity index (χ2v) is 6.00. The van der Waals surface area contributed by atoms with Gasteiger partial charge in [0.1, 0.15) is 0 Å². The fraction of sp³-hybridized carbons (Fsp3) is 0.263. The van der Waals surface area contributed by atoms with E-state index >= 15 is 0 Å². The number of hydrogen-bond donors (Lipinski definition) is 1. The van der Waals surface area contributed by atoms with Crippen LogP contribution in [0.15, 0.2) is 48.5 Å². The van der Waals surface area contributed by atoms with Gasteiger partial charge in [0, 0.05) is 22.1 Å². The molecule has 2 aromatic carbocycles. The Morgan fingerprint density at radius 2 is 1.83 bits per heavy atom. The van der Waals surface area contributed by atoms with E-state index in [0.29, 0.717) is 21.8 Å². The van der Waals surface area contributed by atoms with Crippen LogP contribution in [0.3, 0.4) is 0 Å². The molecule has 0 bridgehead atoms. The van der Waals surface area contributed by atoms with Gasteiger partial charge in [-0.1, -0.05) is 62.2 Å². The van der Waals surface area contributed by atoms with Crippen molar-refractivity contribution in [1.29, 1.82) is 0 Å². The van der Waals surface area contributed by atoms with E-state index in [-0.39, 0.29) is 17.6 Å². The maximum Gasteiger partial charge on any atom is 0.227 e. The first-order chi connectivity index (χ1) is 11.0. The Kier molecular flexibility index (Phi) is 5.94. The minimum atomic E-state index is -0.161. The molecule has 0 aromatic heterocycles. The molecule has 3 nitrogen and oxygen atoms in total. The normalized spacial score (nSPS) is 11.8. The molecule has 0 heterocycles. The lowest BCUT2D eigenvalue weighted by atomic mass is 10.0. The second-order valence-electron chi connectivity index (χ2n) is 5.56. The lowest BCUT2D eigenvalue weighted by Gasteiger charge is -2.14. The molecule has 0 aliphatic heterocycles. The number of halogens is 1. The quantitative estimate of drug-likeness (QED) is 0.762. The summed E-state index contributed by atoms with van der Waals surface area (Å²) in [5, 5.41) is 3.32. The average molecular weight is 330 g/mol. The first-order valence-corrected chi connectivity index (χ1v) is 8.11. The van der Waals surface area contributed by atoms with Crippen LogP contribution in [0.1, 0.15) is 42.6 Å². The smallest absolute Gasteiger partial charge is 0.227 e. The number of rotatable bonds is 6. The molecule has 1 amide bonds. The van der Waals surface area contributed by atoms with Gasteiger partial charge in [-0.25, -0.2) is 0 Å². The zero-order chi connectivity index (χ0) is 16.8. The largest absolute Gasteiger partial charge is 0.325 e. The Bertz CT molecular complexity index is 698. The van der Waals surface area contributed by atoms with Crippen molar-refractivity contribution < 1.29 is 9.59 Å². The monoisotopic (exact) mass is 329 g/mol. The first-order valence-electron chi connectivity index (χ1n) is 7.73. The molecule has 0 fully saturated rings. The van der Waals surface area contributed by atoms with Crippen LogP contribution in [0.25, 0.3) is 0 Å². The van der Waals surface area contributed by atoms with E-state index in [4.69, 9.17) is 11.6 Å². The van der Waals surface area contributed by atoms with Gasteiger partial charge in [-0.2, -0.15) is 0 Å². The molecule has 0 aliphatic rings. The van der Waals surface area contributed by atoms with Gasteiger partial charge >= 0.3 is 0 Å². The van der Waals surface area contributed by atoms with E-state index in [1.807, 2.05) is 19.9 Å². The summed E-state index contributed by atoms with van der Waals surface area (Å²) in [6.45, 7) is 3.92. The summed E-state index contributed by atoms with van der Waals surface area (Å²) >= 11 is 6.03. The fourth-order valence-electron chi connectivity index (χ4n) is 2.38. The van der Waals surface area contributed by atoms with E-state index in [2.05, 4.69) is 5.32 Å². The molecular formula is C19H20ClNO2. The third-order valence-corrected chi connectivity index (χ3v) is 3.92. The Balaban J connectivity index is 2.31. The molecule has 1 N–H and O–H groups in total. The van der Waals surface area contributed by atoms with Gasteiger partial charge in [0.15, 0.2) is 5.78 Å². The number of amides is 1. The van der Waals surface area contributed by atoms with Crippen molar-refractivity contribution in [2.75, 3.05) is 5.32 Å². The highest BCUT2D eigenvalue weighted by Gasteiger charge is 2.18. The van der Waals surface area contributed by atoms with Crippen molar-refractivity contribution in [1.82, 2.24) is 0 Å². The van der Waals surface area contributed by atoms with Gasteiger partial charge in [0.05, 0.1) is 5.69 Å². The van der Waals surface area contributed by atoms with E-state index in [0.717, 1.165) is 12.8 Å². The number of hydrogen-bond acceptors (Lipinski definition) is 2. The second kappa shape index (κ2) is 7.93. The molecular weight excluding hydrogens is 310 g/mol. The molecule has 0 spiro atoms. The van der Waals surface area contributed by atoms with Gasteiger partial charge in [0.2, 0.25) is 5.91 Å². The molecule has 4 heteroatoms. The van der Waals surface area contributed by atoms with E-state index in [1.54, 1.807) is 42.5 Å². The van der Waals surface area contributed by atoms with Crippen LogP contribution in [-0.4, -0.2) is 11.7 Å². The third kappa shape index (κ3) is 4.42. The van der Waals surface area contributed by atoms with E-state index in [9.17, 15) is 9.59 Å². The maximum absolute atomic E-state index is 12.7. The summed E-state index contributed by atoms with van der Waals surface area (Å²) in [5.41, 5.74) is 1.46. The zero-order valence-corrected chi connectivity index (χ0v) is 14.1.